The van der Waals surface area contributed by atoms with Crippen LogP contribution < -0.4 is 0 Å². The minimum atomic E-state index is -0.182. The SMILES string of the molecule is Fc1cccc(Cc2cc3ccccc3[nH]2)c1. The largest absolute Gasteiger partial charge is 0.358 e. The number of hydrogen-bond acceptors (Lipinski definition) is 0. The summed E-state index contributed by atoms with van der Waals surface area (Å²) in [6.45, 7) is 0. The molecule has 0 spiro atoms. The summed E-state index contributed by atoms with van der Waals surface area (Å²) in [4.78, 5) is 3.34. The fourth-order valence-corrected chi connectivity index (χ4v) is 2.10. The van der Waals surface area contributed by atoms with Gasteiger partial charge in [-0.15, -0.1) is 0 Å². The van der Waals surface area contributed by atoms with Gasteiger partial charge in [0.25, 0.3) is 0 Å². The van der Waals surface area contributed by atoms with E-state index in [0.717, 1.165) is 23.2 Å². The second-order valence-electron chi connectivity index (χ2n) is 4.19. The van der Waals surface area contributed by atoms with Gasteiger partial charge in [-0.3, -0.25) is 0 Å². The molecule has 0 amide bonds. The number of aromatic amines is 1. The zero-order valence-corrected chi connectivity index (χ0v) is 9.28. The highest BCUT2D eigenvalue weighted by molar-refractivity contribution is 5.80. The van der Waals surface area contributed by atoms with E-state index in [2.05, 4.69) is 17.1 Å². The third-order valence-corrected chi connectivity index (χ3v) is 2.87. The normalized spacial score (nSPS) is 10.9. The lowest BCUT2D eigenvalue weighted by atomic mass is 10.1. The van der Waals surface area contributed by atoms with Gasteiger partial charge in [-0.25, -0.2) is 4.39 Å². The predicted octanol–water partition coefficient (Wildman–Crippen LogP) is 3.90. The molecular formula is C15H12FN. The molecule has 0 unspecified atom stereocenters. The summed E-state index contributed by atoms with van der Waals surface area (Å²) in [5, 5.41) is 1.19. The lowest BCUT2D eigenvalue weighted by Gasteiger charge is -1.98. The van der Waals surface area contributed by atoms with Crippen LogP contribution in [0.15, 0.2) is 54.6 Å². The maximum absolute atomic E-state index is 13.1. The highest BCUT2D eigenvalue weighted by Gasteiger charge is 2.02. The van der Waals surface area contributed by atoms with Crippen LogP contribution in [0.3, 0.4) is 0 Å². The molecule has 0 aliphatic heterocycles. The van der Waals surface area contributed by atoms with Gasteiger partial charge in [0.2, 0.25) is 0 Å². The fourth-order valence-electron chi connectivity index (χ4n) is 2.10. The van der Waals surface area contributed by atoms with E-state index >= 15 is 0 Å². The Labute approximate surface area is 98.9 Å². The topological polar surface area (TPSA) is 15.8 Å². The maximum Gasteiger partial charge on any atom is 0.123 e. The number of fused-ring (bicyclic) bond motifs is 1. The minimum absolute atomic E-state index is 0.182. The van der Waals surface area contributed by atoms with Crippen LogP contribution in [-0.2, 0) is 6.42 Å². The molecule has 2 aromatic carbocycles. The molecule has 1 heterocycles. The van der Waals surface area contributed by atoms with E-state index in [9.17, 15) is 4.39 Å². The lowest BCUT2D eigenvalue weighted by Crippen LogP contribution is -1.88. The van der Waals surface area contributed by atoms with Gasteiger partial charge in [0.1, 0.15) is 5.82 Å². The molecule has 0 bridgehead atoms. The zero-order valence-electron chi connectivity index (χ0n) is 9.28. The van der Waals surface area contributed by atoms with Crippen molar-refractivity contribution in [3.8, 4) is 0 Å². The molecule has 3 aromatic rings. The van der Waals surface area contributed by atoms with E-state index in [1.54, 1.807) is 12.1 Å². The van der Waals surface area contributed by atoms with Crippen LogP contribution >= 0.6 is 0 Å². The Kier molecular flexibility index (Phi) is 2.41. The number of nitrogens with one attached hydrogen (secondary N) is 1. The molecule has 17 heavy (non-hydrogen) atoms. The Morgan fingerprint density at radius 3 is 2.65 bits per heavy atom. The van der Waals surface area contributed by atoms with Gasteiger partial charge in [-0.2, -0.15) is 0 Å². The summed E-state index contributed by atoms with van der Waals surface area (Å²) >= 11 is 0. The zero-order chi connectivity index (χ0) is 11.7. The first-order valence-corrected chi connectivity index (χ1v) is 5.62. The Morgan fingerprint density at radius 2 is 1.82 bits per heavy atom. The van der Waals surface area contributed by atoms with Crippen molar-refractivity contribution in [2.75, 3.05) is 0 Å². The van der Waals surface area contributed by atoms with Gasteiger partial charge in [0.15, 0.2) is 0 Å². The molecular weight excluding hydrogens is 213 g/mol. The maximum atomic E-state index is 13.1. The number of aromatic nitrogens is 1. The molecule has 0 fully saturated rings. The third kappa shape index (κ3) is 2.07. The van der Waals surface area contributed by atoms with Crippen molar-refractivity contribution in [3.63, 3.8) is 0 Å². The quantitative estimate of drug-likeness (QED) is 0.680. The highest BCUT2D eigenvalue weighted by Crippen LogP contribution is 2.17. The predicted molar refractivity (Wildman–Crippen MR) is 67.5 cm³/mol. The summed E-state index contributed by atoms with van der Waals surface area (Å²) in [5.41, 5.74) is 3.22. The summed E-state index contributed by atoms with van der Waals surface area (Å²) in [5.74, 6) is -0.182. The van der Waals surface area contributed by atoms with E-state index in [1.165, 1.54) is 11.5 Å². The molecule has 0 radical (unpaired) electrons. The number of H-pyrrole nitrogens is 1. The molecule has 0 saturated carbocycles. The number of hydrogen-bond donors (Lipinski definition) is 1. The van der Waals surface area contributed by atoms with Crippen LogP contribution in [0.2, 0.25) is 0 Å². The van der Waals surface area contributed by atoms with Crippen molar-refractivity contribution in [1.82, 2.24) is 4.98 Å². The number of rotatable bonds is 2. The van der Waals surface area contributed by atoms with E-state index < -0.39 is 0 Å². The molecule has 0 atom stereocenters. The fraction of sp³-hybridized carbons (Fsp3) is 0.0667. The van der Waals surface area contributed by atoms with Gasteiger partial charge in [0.05, 0.1) is 0 Å². The van der Waals surface area contributed by atoms with Gasteiger partial charge in [0, 0.05) is 17.6 Å². The number of para-hydroxylation sites is 1. The van der Waals surface area contributed by atoms with Crippen LogP contribution in [-0.4, -0.2) is 4.98 Å². The first kappa shape index (κ1) is 10.1. The second-order valence-corrected chi connectivity index (χ2v) is 4.19. The lowest BCUT2D eigenvalue weighted by molar-refractivity contribution is 0.626. The summed E-state index contributed by atoms with van der Waals surface area (Å²) in [6, 6.07) is 17.0. The summed E-state index contributed by atoms with van der Waals surface area (Å²) in [7, 11) is 0. The molecule has 1 N–H and O–H groups in total. The van der Waals surface area contributed by atoms with Crippen molar-refractivity contribution >= 4 is 10.9 Å². The number of halogens is 1. The van der Waals surface area contributed by atoms with Crippen LogP contribution in [0.1, 0.15) is 11.3 Å². The van der Waals surface area contributed by atoms with Crippen molar-refractivity contribution < 1.29 is 4.39 Å². The number of benzene rings is 2. The van der Waals surface area contributed by atoms with Gasteiger partial charge >= 0.3 is 0 Å². The van der Waals surface area contributed by atoms with Crippen molar-refractivity contribution in [1.29, 1.82) is 0 Å². The molecule has 2 heteroatoms. The monoisotopic (exact) mass is 225 g/mol. The van der Waals surface area contributed by atoms with Gasteiger partial charge in [-0.1, -0.05) is 30.3 Å². The second kappa shape index (κ2) is 4.06. The Morgan fingerprint density at radius 1 is 0.941 bits per heavy atom. The molecule has 0 aliphatic carbocycles. The molecule has 1 aromatic heterocycles. The standard InChI is InChI=1S/C15H12FN/c16-13-6-3-4-11(8-13)9-14-10-12-5-1-2-7-15(12)17-14/h1-8,10,17H,9H2. The van der Waals surface area contributed by atoms with Crippen molar-refractivity contribution in [2.45, 2.75) is 6.42 Å². The van der Waals surface area contributed by atoms with Crippen molar-refractivity contribution in [2.24, 2.45) is 0 Å². The van der Waals surface area contributed by atoms with E-state index in [0.29, 0.717) is 0 Å². The smallest absolute Gasteiger partial charge is 0.123 e. The van der Waals surface area contributed by atoms with E-state index in [1.807, 2.05) is 24.3 Å². The average molecular weight is 225 g/mol. The molecule has 0 aliphatic rings. The van der Waals surface area contributed by atoms with Crippen LogP contribution in [0.5, 0.6) is 0 Å². The van der Waals surface area contributed by atoms with Crippen LogP contribution in [0.25, 0.3) is 10.9 Å². The first-order chi connectivity index (χ1) is 8.31. The first-order valence-electron chi connectivity index (χ1n) is 5.62. The van der Waals surface area contributed by atoms with Gasteiger partial charge in [-0.05, 0) is 35.2 Å². The Balaban J connectivity index is 1.94. The van der Waals surface area contributed by atoms with Crippen LogP contribution in [0, 0.1) is 5.82 Å². The Hall–Kier alpha value is -2.09. The molecule has 1 nitrogen and oxygen atoms in total. The summed E-state index contributed by atoms with van der Waals surface area (Å²) in [6.07, 6.45) is 0.729. The minimum Gasteiger partial charge on any atom is -0.358 e. The third-order valence-electron chi connectivity index (χ3n) is 2.87. The molecule has 0 saturated heterocycles. The van der Waals surface area contributed by atoms with Crippen LogP contribution in [0.4, 0.5) is 4.39 Å². The van der Waals surface area contributed by atoms with E-state index in [-0.39, 0.29) is 5.82 Å². The van der Waals surface area contributed by atoms with E-state index in [4.69, 9.17) is 0 Å². The van der Waals surface area contributed by atoms with Crippen molar-refractivity contribution in [3.05, 3.63) is 71.7 Å². The van der Waals surface area contributed by atoms with Gasteiger partial charge < -0.3 is 4.98 Å². The molecule has 84 valence electrons. The molecule has 3 rings (SSSR count). The highest BCUT2D eigenvalue weighted by atomic mass is 19.1. The summed E-state index contributed by atoms with van der Waals surface area (Å²) < 4.78 is 13.1. The average Bonchev–Trinajstić information content (AvgIpc) is 2.71. The Bertz CT molecular complexity index is 622.